The van der Waals surface area contributed by atoms with Gasteiger partial charge >= 0.3 is 6.09 Å². The van der Waals surface area contributed by atoms with Crippen LogP contribution in [0.5, 0.6) is 0 Å². The minimum absolute atomic E-state index is 0.0470. The summed E-state index contributed by atoms with van der Waals surface area (Å²) < 4.78 is 16.0. The van der Waals surface area contributed by atoms with E-state index in [1.54, 1.807) is 20.8 Å². The van der Waals surface area contributed by atoms with Crippen LogP contribution in [0.1, 0.15) is 77.5 Å². The standard InChI is InChI=1S/C28H45N3O7/c1-27(2,3)38-26(35)30-21(15-16-32)24(33)31-23(28(4,5)17-22(36-6)37-7)25(34)29-20-14-10-12-18-11-8-9-13-19(18)20/h8-9,11,13,20-23,32H,10,12,14-17H2,1-7H3,(H,29,34)(H,30,35)(H,31,33)/t20-,21+,23?/m1/s1. The van der Waals surface area contributed by atoms with E-state index in [-0.39, 0.29) is 25.0 Å². The molecular weight excluding hydrogens is 490 g/mol. The van der Waals surface area contributed by atoms with Crippen LogP contribution >= 0.6 is 0 Å². The Balaban J connectivity index is 2.29. The van der Waals surface area contributed by atoms with Gasteiger partial charge in [0, 0.05) is 27.2 Å². The third-order valence-electron chi connectivity index (χ3n) is 6.66. The molecule has 3 atom stereocenters. The zero-order chi connectivity index (χ0) is 28.5. The first-order valence-electron chi connectivity index (χ1n) is 13.2. The summed E-state index contributed by atoms with van der Waals surface area (Å²) in [4.78, 5) is 39.5. The Hall–Kier alpha value is -2.69. The SMILES string of the molecule is COC(CC(C)(C)C(NC(=O)[C@H](CCO)NC(=O)OC(C)(C)C)C(=O)N[C@@H]1CCCc2ccccc21)OC. The predicted molar refractivity (Wildman–Crippen MR) is 143 cm³/mol. The van der Waals surface area contributed by atoms with E-state index >= 15 is 0 Å². The highest BCUT2D eigenvalue weighted by Gasteiger charge is 2.41. The van der Waals surface area contributed by atoms with E-state index in [2.05, 4.69) is 22.0 Å². The number of methoxy groups -OCH3 is 2. The van der Waals surface area contributed by atoms with E-state index in [1.165, 1.54) is 19.8 Å². The van der Waals surface area contributed by atoms with Gasteiger partial charge in [-0.2, -0.15) is 0 Å². The molecule has 38 heavy (non-hydrogen) atoms. The number of aliphatic hydroxyl groups excluding tert-OH is 1. The molecule has 1 aliphatic rings. The van der Waals surface area contributed by atoms with E-state index in [0.717, 1.165) is 24.8 Å². The van der Waals surface area contributed by atoms with Crippen LogP contribution in [-0.4, -0.2) is 67.8 Å². The van der Waals surface area contributed by atoms with E-state index in [1.807, 2.05) is 32.0 Å². The monoisotopic (exact) mass is 535 g/mol. The Kier molecular flexibility index (Phi) is 11.5. The van der Waals surface area contributed by atoms with Gasteiger partial charge in [-0.15, -0.1) is 0 Å². The average Bonchev–Trinajstić information content (AvgIpc) is 2.84. The number of aryl methyl sites for hydroxylation is 1. The highest BCUT2D eigenvalue weighted by atomic mass is 16.7. The van der Waals surface area contributed by atoms with Gasteiger partial charge in [-0.05, 0) is 63.0 Å². The molecule has 10 nitrogen and oxygen atoms in total. The van der Waals surface area contributed by atoms with Crippen LogP contribution in [-0.2, 0) is 30.2 Å². The second kappa shape index (κ2) is 13.9. The van der Waals surface area contributed by atoms with Crippen molar-refractivity contribution in [3.63, 3.8) is 0 Å². The molecule has 0 bridgehead atoms. The van der Waals surface area contributed by atoms with Gasteiger partial charge in [0.2, 0.25) is 11.8 Å². The first-order valence-corrected chi connectivity index (χ1v) is 13.2. The molecule has 0 fully saturated rings. The summed E-state index contributed by atoms with van der Waals surface area (Å²) >= 11 is 0. The van der Waals surface area contributed by atoms with E-state index in [0.29, 0.717) is 6.42 Å². The lowest BCUT2D eigenvalue weighted by Gasteiger charge is -2.38. The molecule has 0 radical (unpaired) electrons. The molecule has 3 amide bonds. The van der Waals surface area contributed by atoms with Gasteiger partial charge in [0.25, 0.3) is 0 Å². The number of carbonyl (C=O) groups is 3. The minimum Gasteiger partial charge on any atom is -0.444 e. The number of alkyl carbamates (subject to hydrolysis) is 1. The van der Waals surface area contributed by atoms with Crippen molar-refractivity contribution in [2.45, 2.75) is 96.7 Å². The van der Waals surface area contributed by atoms with Gasteiger partial charge in [-0.25, -0.2) is 4.79 Å². The molecule has 0 aromatic heterocycles. The summed E-state index contributed by atoms with van der Waals surface area (Å²) in [6.07, 6.45) is 1.56. The van der Waals surface area contributed by atoms with Crippen molar-refractivity contribution in [3.05, 3.63) is 35.4 Å². The van der Waals surface area contributed by atoms with Crippen molar-refractivity contribution in [2.24, 2.45) is 5.41 Å². The van der Waals surface area contributed by atoms with Gasteiger partial charge in [0.1, 0.15) is 17.7 Å². The summed E-state index contributed by atoms with van der Waals surface area (Å²) in [5, 5.41) is 18.0. The lowest BCUT2D eigenvalue weighted by molar-refractivity contribution is -0.142. The Labute approximate surface area is 226 Å². The molecule has 1 unspecified atom stereocenters. The molecular formula is C28H45N3O7. The molecule has 0 saturated heterocycles. The summed E-state index contributed by atoms with van der Waals surface area (Å²) in [7, 11) is 3.03. The van der Waals surface area contributed by atoms with Crippen molar-refractivity contribution in [1.82, 2.24) is 16.0 Å². The van der Waals surface area contributed by atoms with Crippen molar-refractivity contribution in [1.29, 1.82) is 0 Å². The average molecular weight is 536 g/mol. The van der Waals surface area contributed by atoms with Crippen molar-refractivity contribution in [3.8, 4) is 0 Å². The van der Waals surface area contributed by atoms with Crippen LogP contribution in [0.15, 0.2) is 24.3 Å². The smallest absolute Gasteiger partial charge is 0.408 e. The Morgan fingerprint density at radius 2 is 1.68 bits per heavy atom. The van der Waals surface area contributed by atoms with E-state index in [4.69, 9.17) is 14.2 Å². The van der Waals surface area contributed by atoms with Gasteiger partial charge in [-0.1, -0.05) is 38.1 Å². The molecule has 0 heterocycles. The quantitative estimate of drug-likeness (QED) is 0.302. The summed E-state index contributed by atoms with van der Waals surface area (Å²) in [5.41, 5.74) is 0.708. The first kappa shape index (κ1) is 31.5. The number of nitrogens with one attached hydrogen (secondary N) is 3. The Morgan fingerprint density at radius 1 is 1.03 bits per heavy atom. The van der Waals surface area contributed by atoms with Crippen LogP contribution in [0.2, 0.25) is 0 Å². The first-order chi connectivity index (χ1) is 17.8. The molecule has 0 aliphatic heterocycles. The van der Waals surface area contributed by atoms with E-state index < -0.39 is 41.4 Å². The number of fused-ring (bicyclic) bond motifs is 1. The van der Waals surface area contributed by atoms with Crippen LogP contribution < -0.4 is 16.0 Å². The molecule has 1 aromatic carbocycles. The Morgan fingerprint density at radius 3 is 2.29 bits per heavy atom. The fraction of sp³-hybridized carbons (Fsp3) is 0.679. The maximum Gasteiger partial charge on any atom is 0.408 e. The van der Waals surface area contributed by atoms with Crippen LogP contribution in [0.3, 0.4) is 0 Å². The number of amides is 3. The third-order valence-corrected chi connectivity index (χ3v) is 6.66. The Bertz CT molecular complexity index is 941. The number of hydrogen-bond donors (Lipinski definition) is 4. The minimum atomic E-state index is -1.10. The molecule has 1 aromatic rings. The molecule has 214 valence electrons. The fourth-order valence-electron chi connectivity index (χ4n) is 4.68. The number of carbonyl (C=O) groups excluding carboxylic acids is 3. The second-order valence-corrected chi connectivity index (χ2v) is 11.4. The molecule has 0 saturated carbocycles. The molecule has 2 rings (SSSR count). The van der Waals surface area contributed by atoms with Gasteiger partial charge < -0.3 is 35.3 Å². The van der Waals surface area contributed by atoms with Crippen molar-refractivity contribution < 1.29 is 33.7 Å². The maximum atomic E-state index is 13.8. The summed E-state index contributed by atoms with van der Waals surface area (Å²) in [6.45, 7) is 8.48. The highest BCUT2D eigenvalue weighted by molar-refractivity contribution is 5.92. The lowest BCUT2D eigenvalue weighted by atomic mass is 9.79. The number of aliphatic hydroxyl groups is 1. The summed E-state index contributed by atoms with van der Waals surface area (Å²) in [5.74, 6) is -0.954. The van der Waals surface area contributed by atoms with Gasteiger partial charge in [-0.3, -0.25) is 9.59 Å². The van der Waals surface area contributed by atoms with Crippen molar-refractivity contribution >= 4 is 17.9 Å². The predicted octanol–water partition coefficient (Wildman–Crippen LogP) is 2.98. The molecule has 10 heteroatoms. The topological polar surface area (TPSA) is 135 Å². The van der Waals surface area contributed by atoms with Crippen molar-refractivity contribution in [2.75, 3.05) is 20.8 Å². The lowest BCUT2D eigenvalue weighted by Crippen LogP contribution is -2.59. The van der Waals surface area contributed by atoms with E-state index in [9.17, 15) is 19.5 Å². The second-order valence-electron chi connectivity index (χ2n) is 11.4. The molecule has 4 N–H and O–H groups in total. The van der Waals surface area contributed by atoms with Crippen LogP contribution in [0, 0.1) is 5.41 Å². The summed E-state index contributed by atoms with van der Waals surface area (Å²) in [6, 6.07) is 5.76. The van der Waals surface area contributed by atoms with Crippen LogP contribution in [0.4, 0.5) is 4.79 Å². The number of hydrogen-bond acceptors (Lipinski definition) is 7. The van der Waals surface area contributed by atoms with Gasteiger partial charge in [0.15, 0.2) is 6.29 Å². The normalized spacial score (nSPS) is 17.2. The molecule has 0 spiro atoms. The highest BCUT2D eigenvalue weighted by Crippen LogP contribution is 2.32. The zero-order valence-electron chi connectivity index (χ0n) is 23.8. The molecule has 1 aliphatic carbocycles. The maximum absolute atomic E-state index is 13.8. The third kappa shape index (κ3) is 9.25. The number of ether oxygens (including phenoxy) is 3. The van der Waals surface area contributed by atoms with Crippen LogP contribution in [0.25, 0.3) is 0 Å². The largest absolute Gasteiger partial charge is 0.444 e. The van der Waals surface area contributed by atoms with Gasteiger partial charge in [0.05, 0.1) is 6.04 Å². The zero-order valence-corrected chi connectivity index (χ0v) is 23.8. The fourth-order valence-corrected chi connectivity index (χ4v) is 4.68. The number of benzene rings is 1. The number of rotatable bonds is 12.